The zero-order valence-corrected chi connectivity index (χ0v) is 20.5. The van der Waals surface area contributed by atoms with E-state index in [1.54, 1.807) is 0 Å². The maximum Gasteiger partial charge on any atom is 0.243 e. The Morgan fingerprint density at radius 3 is 2.73 bits per heavy atom. The van der Waals surface area contributed by atoms with Gasteiger partial charge < -0.3 is 0 Å². The van der Waals surface area contributed by atoms with Crippen LogP contribution in [0, 0.1) is 0 Å². The van der Waals surface area contributed by atoms with Crippen LogP contribution in [0.15, 0.2) is 42.5 Å². The van der Waals surface area contributed by atoms with Crippen LogP contribution in [0.4, 0.5) is 0 Å². The molecule has 2 aromatic carbocycles. The predicted molar refractivity (Wildman–Crippen MR) is 134 cm³/mol. The fourth-order valence-electron chi connectivity index (χ4n) is 5.00. The van der Waals surface area contributed by atoms with Gasteiger partial charge in [0.15, 0.2) is 0 Å². The number of nitrogens with zero attached hydrogens (tertiary/aromatic N) is 2. The van der Waals surface area contributed by atoms with Crippen LogP contribution >= 0.6 is 35.8 Å². The molecule has 5 nitrogen and oxygen atoms in total. The van der Waals surface area contributed by atoms with E-state index in [2.05, 4.69) is 39.4 Å². The molecule has 0 saturated carbocycles. The van der Waals surface area contributed by atoms with E-state index in [0.29, 0.717) is 29.4 Å². The second kappa shape index (κ2) is 9.43. The first kappa shape index (κ1) is 22.9. The standard InChI is InChI=1S/C25H25Cl2N3O2S/c26-20-3-1-2-18(23(20)27)16-8-10-29(11-9-16)13-15-4-5-19-17(12-15)14-30(25(19)33)21-6-7-22(31)28-24(21)32/h1-5,8,12,21,25,33H,6-7,9-11,13-14H2,(H,28,31,32). The van der Waals surface area contributed by atoms with Gasteiger partial charge in [0.25, 0.3) is 0 Å². The number of nitrogens with one attached hydrogen (secondary N) is 1. The van der Waals surface area contributed by atoms with Crippen molar-refractivity contribution in [3.05, 3.63) is 74.8 Å². The summed E-state index contributed by atoms with van der Waals surface area (Å²) in [6, 6.07) is 12.0. The second-order valence-corrected chi connectivity index (χ2v) is 10.1. The Hall–Kier alpha value is -1.83. The monoisotopic (exact) mass is 501 g/mol. The Bertz CT molecular complexity index is 1150. The lowest BCUT2D eigenvalue weighted by Crippen LogP contribution is -2.51. The van der Waals surface area contributed by atoms with Crippen LogP contribution in [0.25, 0.3) is 5.57 Å². The molecule has 2 atom stereocenters. The highest BCUT2D eigenvalue weighted by Crippen LogP contribution is 2.40. The number of carbonyl (C=O) groups excluding carboxylic acids is 2. The van der Waals surface area contributed by atoms with Gasteiger partial charge in [-0.2, -0.15) is 12.6 Å². The summed E-state index contributed by atoms with van der Waals surface area (Å²) in [5.74, 6) is -0.406. The van der Waals surface area contributed by atoms with Crippen molar-refractivity contribution in [2.24, 2.45) is 0 Å². The van der Waals surface area contributed by atoms with Crippen molar-refractivity contribution in [2.45, 2.75) is 43.8 Å². The van der Waals surface area contributed by atoms with Gasteiger partial charge in [0.05, 0.1) is 21.5 Å². The molecule has 3 aliphatic heterocycles. The molecule has 0 aliphatic carbocycles. The molecule has 3 aliphatic rings. The van der Waals surface area contributed by atoms with Gasteiger partial charge in [-0.1, -0.05) is 59.6 Å². The van der Waals surface area contributed by atoms with Gasteiger partial charge in [0.2, 0.25) is 11.8 Å². The fraction of sp³-hybridized carbons (Fsp3) is 0.360. The van der Waals surface area contributed by atoms with Gasteiger partial charge in [0.1, 0.15) is 0 Å². The molecule has 1 fully saturated rings. The quantitative estimate of drug-likeness (QED) is 0.465. The van der Waals surface area contributed by atoms with Gasteiger partial charge in [-0.05, 0) is 46.7 Å². The fourth-order valence-corrected chi connectivity index (χ4v) is 5.91. The van der Waals surface area contributed by atoms with E-state index in [1.807, 2.05) is 18.2 Å². The minimum atomic E-state index is -0.315. The van der Waals surface area contributed by atoms with Gasteiger partial charge >= 0.3 is 0 Å². The highest BCUT2D eigenvalue weighted by molar-refractivity contribution is 7.80. The SMILES string of the molecule is O=C1CCC(N2Cc3cc(CN4CC=C(c5cccc(Cl)c5Cl)CC4)ccc3C2S)C(=O)N1. The molecule has 3 heterocycles. The van der Waals surface area contributed by atoms with Crippen LogP contribution in [0.5, 0.6) is 0 Å². The summed E-state index contributed by atoms with van der Waals surface area (Å²) in [5.41, 5.74) is 5.86. The molecule has 172 valence electrons. The third kappa shape index (κ3) is 4.60. The first-order valence-corrected chi connectivity index (χ1v) is 12.4. The third-order valence-corrected chi connectivity index (χ3v) is 8.15. The first-order valence-electron chi connectivity index (χ1n) is 11.2. The molecule has 0 bridgehead atoms. The average Bonchev–Trinajstić information content (AvgIpc) is 3.12. The van der Waals surface area contributed by atoms with Crippen LogP contribution in [0.2, 0.25) is 10.0 Å². The molecule has 1 N–H and O–H groups in total. The normalized spacial score (nSPS) is 23.9. The average molecular weight is 502 g/mol. The number of piperidine rings is 1. The molecular formula is C25H25Cl2N3O2S. The molecule has 2 amide bonds. The van der Waals surface area contributed by atoms with E-state index < -0.39 is 0 Å². The second-order valence-electron chi connectivity index (χ2n) is 8.86. The lowest BCUT2D eigenvalue weighted by molar-refractivity contribution is -0.137. The summed E-state index contributed by atoms with van der Waals surface area (Å²) in [6.07, 6.45) is 4.08. The van der Waals surface area contributed by atoms with Crippen LogP contribution < -0.4 is 5.32 Å². The minimum absolute atomic E-state index is 0.138. The molecule has 0 aromatic heterocycles. The molecule has 33 heavy (non-hydrogen) atoms. The van der Waals surface area contributed by atoms with Crippen LogP contribution in [0.3, 0.4) is 0 Å². The molecule has 1 saturated heterocycles. The van der Waals surface area contributed by atoms with E-state index >= 15 is 0 Å². The zero-order chi connectivity index (χ0) is 23.1. The third-order valence-electron chi connectivity index (χ3n) is 6.76. The molecule has 5 rings (SSSR count). The minimum Gasteiger partial charge on any atom is -0.295 e. The van der Waals surface area contributed by atoms with Crippen molar-refractivity contribution in [1.29, 1.82) is 0 Å². The molecule has 2 aromatic rings. The summed E-state index contributed by atoms with van der Waals surface area (Å²) in [6.45, 7) is 3.33. The number of fused-ring (bicyclic) bond motifs is 1. The maximum absolute atomic E-state index is 12.4. The number of amides is 2. The van der Waals surface area contributed by atoms with Gasteiger partial charge in [0, 0.05) is 32.6 Å². The molecule has 8 heteroatoms. The number of rotatable bonds is 4. The largest absolute Gasteiger partial charge is 0.295 e. The summed E-state index contributed by atoms with van der Waals surface area (Å²) < 4.78 is 0. The number of benzene rings is 2. The number of hydrogen-bond donors (Lipinski definition) is 2. The highest BCUT2D eigenvalue weighted by atomic mass is 35.5. The Labute approximate surface area is 209 Å². The van der Waals surface area contributed by atoms with Gasteiger partial charge in [-0.15, -0.1) is 0 Å². The van der Waals surface area contributed by atoms with E-state index in [9.17, 15) is 9.59 Å². The van der Waals surface area contributed by atoms with Crippen molar-refractivity contribution >= 4 is 53.2 Å². The van der Waals surface area contributed by atoms with Crippen molar-refractivity contribution < 1.29 is 9.59 Å². The smallest absolute Gasteiger partial charge is 0.243 e. The van der Waals surface area contributed by atoms with Crippen LogP contribution in [-0.4, -0.2) is 40.7 Å². The lowest BCUT2D eigenvalue weighted by Gasteiger charge is -2.32. The topological polar surface area (TPSA) is 52.7 Å². The van der Waals surface area contributed by atoms with E-state index in [-0.39, 0.29) is 23.2 Å². The van der Waals surface area contributed by atoms with Crippen LogP contribution in [0.1, 0.15) is 46.9 Å². The number of hydrogen-bond acceptors (Lipinski definition) is 5. The van der Waals surface area contributed by atoms with Crippen molar-refractivity contribution in [3.8, 4) is 0 Å². The molecule has 0 spiro atoms. The van der Waals surface area contributed by atoms with E-state index in [1.165, 1.54) is 16.7 Å². The van der Waals surface area contributed by atoms with Gasteiger partial charge in [-0.3, -0.25) is 24.7 Å². The maximum atomic E-state index is 12.4. The number of carbonyl (C=O) groups is 2. The number of thiol groups is 1. The molecule has 0 radical (unpaired) electrons. The lowest BCUT2D eigenvalue weighted by atomic mass is 9.99. The Morgan fingerprint density at radius 2 is 1.97 bits per heavy atom. The molecule has 2 unspecified atom stereocenters. The highest BCUT2D eigenvalue weighted by Gasteiger charge is 2.39. The summed E-state index contributed by atoms with van der Waals surface area (Å²) in [4.78, 5) is 28.4. The Kier molecular flexibility index (Phi) is 6.56. The molecular weight excluding hydrogens is 477 g/mol. The Balaban J connectivity index is 1.25. The van der Waals surface area contributed by atoms with Gasteiger partial charge in [-0.25, -0.2) is 0 Å². The van der Waals surface area contributed by atoms with E-state index in [0.717, 1.165) is 37.2 Å². The van der Waals surface area contributed by atoms with Crippen molar-refractivity contribution in [1.82, 2.24) is 15.1 Å². The van der Waals surface area contributed by atoms with E-state index in [4.69, 9.17) is 35.8 Å². The summed E-state index contributed by atoms with van der Waals surface area (Å²) in [7, 11) is 0. The van der Waals surface area contributed by atoms with Crippen LogP contribution in [-0.2, 0) is 22.7 Å². The first-order chi connectivity index (χ1) is 15.9. The number of halogens is 2. The summed E-state index contributed by atoms with van der Waals surface area (Å²) >= 11 is 17.4. The van der Waals surface area contributed by atoms with Crippen molar-refractivity contribution in [3.63, 3.8) is 0 Å². The predicted octanol–water partition coefficient (Wildman–Crippen LogP) is 4.83. The zero-order valence-electron chi connectivity index (χ0n) is 18.1. The number of imide groups is 1. The summed E-state index contributed by atoms with van der Waals surface area (Å²) in [5, 5.41) is 3.53. The van der Waals surface area contributed by atoms with Crippen molar-refractivity contribution in [2.75, 3.05) is 13.1 Å². The Morgan fingerprint density at radius 1 is 1.12 bits per heavy atom.